The van der Waals surface area contributed by atoms with Gasteiger partial charge in [0.15, 0.2) is 36.9 Å². The van der Waals surface area contributed by atoms with Crippen molar-refractivity contribution in [1.82, 2.24) is 29.9 Å². The van der Waals surface area contributed by atoms with E-state index < -0.39 is 48.1 Å². The summed E-state index contributed by atoms with van der Waals surface area (Å²) in [4.78, 5) is 24.8. The van der Waals surface area contributed by atoms with E-state index in [1.165, 1.54) is 12.4 Å². The molecular formula is C79H88Cl7N9O10S2. The summed E-state index contributed by atoms with van der Waals surface area (Å²) >= 11 is 42.3. The monoisotopic (exact) mass is 1630 g/mol. The Kier molecular flexibility index (Phi) is 34.8. The van der Waals surface area contributed by atoms with E-state index in [0.717, 1.165) is 45.9 Å². The van der Waals surface area contributed by atoms with Crippen LogP contribution in [0.25, 0.3) is 0 Å². The third-order valence-electron chi connectivity index (χ3n) is 16.4. The molecule has 0 saturated carbocycles. The van der Waals surface area contributed by atoms with Crippen LogP contribution in [0, 0.1) is 34.0 Å². The zero-order valence-corrected chi connectivity index (χ0v) is 65.7. The van der Waals surface area contributed by atoms with E-state index in [0.29, 0.717) is 101 Å². The van der Waals surface area contributed by atoms with Crippen molar-refractivity contribution in [1.29, 1.82) is 15.8 Å². The molecule has 1 unspecified atom stereocenters. The van der Waals surface area contributed by atoms with Gasteiger partial charge in [0.2, 0.25) is 5.28 Å². The molecule has 0 aliphatic carbocycles. The van der Waals surface area contributed by atoms with E-state index >= 15 is 0 Å². The van der Waals surface area contributed by atoms with Gasteiger partial charge in [0.25, 0.3) is 0 Å². The molecule has 0 aliphatic heterocycles. The lowest BCUT2D eigenvalue weighted by molar-refractivity contribution is 0.221. The van der Waals surface area contributed by atoms with Crippen LogP contribution in [0.3, 0.4) is 0 Å². The average Bonchev–Trinajstić information content (AvgIpc) is 0.790. The van der Waals surface area contributed by atoms with Crippen molar-refractivity contribution >= 4 is 101 Å². The second-order valence-corrected chi connectivity index (χ2v) is 32.3. The number of benzene rings is 6. The molecule has 0 saturated heterocycles. The Labute approximate surface area is 665 Å². The van der Waals surface area contributed by atoms with Crippen molar-refractivity contribution < 1.29 is 45.3 Å². The lowest BCUT2D eigenvalue weighted by Gasteiger charge is -2.27. The first-order valence-corrected chi connectivity index (χ1v) is 39.5. The molecule has 28 heteroatoms. The van der Waals surface area contributed by atoms with Crippen molar-refractivity contribution in [3.8, 4) is 52.7 Å². The highest BCUT2D eigenvalue weighted by molar-refractivity contribution is 7.90. The van der Waals surface area contributed by atoms with Crippen LogP contribution in [0.4, 0.5) is 0 Å². The Morgan fingerprint density at radius 1 is 0.402 bits per heavy atom. The predicted molar refractivity (Wildman–Crippen MR) is 428 cm³/mol. The summed E-state index contributed by atoms with van der Waals surface area (Å²) in [6.45, 7) is 18.7. The maximum atomic E-state index is 11.6. The molecule has 0 N–H and O–H groups in total. The summed E-state index contributed by atoms with van der Waals surface area (Å²) < 4.78 is 81.0. The minimum atomic E-state index is -3.24. The minimum absolute atomic E-state index is 0. The summed E-state index contributed by atoms with van der Waals surface area (Å²) in [5.41, 5.74) is 7.27. The molecule has 0 amide bonds. The van der Waals surface area contributed by atoms with Crippen LogP contribution in [0.2, 0.25) is 20.4 Å². The number of halogens is 7. The maximum Gasteiger partial charge on any atom is 0.222 e. The van der Waals surface area contributed by atoms with Crippen LogP contribution in [0.15, 0.2) is 146 Å². The Bertz CT molecular complexity index is 4620. The lowest BCUT2D eigenvalue weighted by atomic mass is 9.77. The quantitative estimate of drug-likeness (QED) is 0.0325. The number of rotatable bonds is 28. The molecule has 0 spiro atoms. The van der Waals surface area contributed by atoms with Crippen LogP contribution in [0.1, 0.15) is 182 Å². The van der Waals surface area contributed by atoms with Crippen LogP contribution >= 0.6 is 81.2 Å². The van der Waals surface area contributed by atoms with Crippen molar-refractivity contribution in [3.05, 3.63) is 245 Å². The molecule has 0 bridgehead atoms. The highest BCUT2D eigenvalue weighted by atomic mass is 35.5. The van der Waals surface area contributed by atoms with Gasteiger partial charge in [0.05, 0.1) is 66.5 Å². The number of aromatic nitrogens is 6. The Morgan fingerprint density at radius 3 is 0.907 bits per heavy atom. The van der Waals surface area contributed by atoms with Crippen molar-refractivity contribution in [3.63, 3.8) is 0 Å². The zero-order chi connectivity index (χ0) is 76.3. The predicted octanol–water partition coefficient (Wildman–Crippen LogP) is 19.9. The van der Waals surface area contributed by atoms with Gasteiger partial charge in [0.1, 0.15) is 96.7 Å². The first kappa shape index (κ1) is 91.1. The smallest absolute Gasteiger partial charge is 0.222 e. The zero-order valence-electron chi connectivity index (χ0n) is 58.8. The number of alkyl halides is 3. The van der Waals surface area contributed by atoms with E-state index in [1.807, 2.05) is 139 Å². The van der Waals surface area contributed by atoms with Crippen LogP contribution < -0.4 is 28.4 Å². The number of ether oxygens (including phenoxy) is 6. The van der Waals surface area contributed by atoms with Crippen molar-refractivity contribution in [2.45, 2.75) is 131 Å². The van der Waals surface area contributed by atoms with E-state index in [1.54, 1.807) is 42.6 Å². The van der Waals surface area contributed by atoms with Gasteiger partial charge in [-0.05, 0) is 157 Å². The molecule has 0 radical (unpaired) electrons. The maximum absolute atomic E-state index is 11.6. The number of nitrogens with zero attached hydrogens (tertiary/aromatic N) is 9. The fourth-order valence-electron chi connectivity index (χ4n) is 10.6. The third kappa shape index (κ3) is 25.4. The second-order valence-electron chi connectivity index (χ2n) is 25.4. The van der Waals surface area contributed by atoms with Crippen LogP contribution in [-0.4, -0.2) is 96.7 Å². The van der Waals surface area contributed by atoms with E-state index in [2.05, 4.69) is 62.0 Å². The number of nitriles is 3. The van der Waals surface area contributed by atoms with Gasteiger partial charge in [0, 0.05) is 47.3 Å². The molecule has 0 fully saturated rings. The molecule has 6 aromatic carbocycles. The van der Waals surface area contributed by atoms with Gasteiger partial charge in [-0.25, -0.2) is 46.7 Å². The fourth-order valence-corrected chi connectivity index (χ4v) is 13.0. The Balaban J connectivity index is 0.000000335. The topological polar surface area (TPSA) is 272 Å². The fraction of sp³-hybridized carbons (Fsp3) is 0.354. The summed E-state index contributed by atoms with van der Waals surface area (Å²) in [7, 11) is -6.48. The van der Waals surface area contributed by atoms with E-state index in [9.17, 15) is 32.6 Å². The molecule has 107 heavy (non-hydrogen) atoms. The standard InChI is InChI=1S/2C26H27Cl2N3O4S.C24H22Cl3N3O2.3CH4/c2*1-17(23-9-11-30-24(31-23)16-36(4,32)33)35-21-7-5-19(6-8-21)26(2,3)20-13-18(15-29)25(22(28)14-20)34-12-10-27;1-15(21-8-10-29-23(27)30-21)32-19-6-4-17(5-7-19)24(2,3)18-12-16(14-28)22(20(26)13-18)31-11-9-25;;;/h2*5-9,11,13-14,17H,10,12,16H2,1-4H3;4-8,10,12-13,15H,9,11H2,1-3H3;3*1H4/t2*17-;;;;/m10..../s1. The second kappa shape index (κ2) is 40.8. The lowest BCUT2D eigenvalue weighted by Crippen LogP contribution is -2.19. The SMILES string of the molecule is C.C.C.CC(Oc1ccc(C(C)(C)c2cc(Cl)c(OCCCl)c(C#N)c2)cc1)c1ccnc(Cl)n1.C[C@@H](Oc1ccc(C(C)(C)c2cc(Cl)c(OCCCl)c(C#N)c2)cc1)c1ccnc(CS(C)(=O)=O)n1.C[C@H](Oc1ccc(C(C)(C)c2cc(Cl)c(OCCCl)c(C#N)c2)cc1)c1ccnc(CS(C)(=O)=O)n1. The summed E-state index contributed by atoms with van der Waals surface area (Å²) in [5, 5.41) is 30.1. The summed E-state index contributed by atoms with van der Waals surface area (Å²) in [6.07, 6.45) is 5.83. The molecule has 3 atom stereocenters. The van der Waals surface area contributed by atoms with Gasteiger partial charge in [-0.1, -0.05) is 135 Å². The molecule has 570 valence electrons. The Hall–Kier alpha value is -8.24. The number of sulfone groups is 2. The molecule has 19 nitrogen and oxygen atoms in total. The van der Waals surface area contributed by atoms with Crippen LogP contribution in [-0.2, 0) is 47.4 Å². The van der Waals surface area contributed by atoms with Gasteiger partial charge in [-0.15, -0.1) is 34.8 Å². The highest BCUT2D eigenvalue weighted by Gasteiger charge is 2.30. The molecule has 9 aromatic rings. The highest BCUT2D eigenvalue weighted by Crippen LogP contribution is 2.43. The van der Waals surface area contributed by atoms with Crippen molar-refractivity contribution in [2.24, 2.45) is 0 Å². The largest absolute Gasteiger partial charge is 0.489 e. The molecule has 9 rings (SSSR count). The van der Waals surface area contributed by atoms with Gasteiger partial charge in [-0.2, -0.15) is 15.8 Å². The normalized spacial score (nSPS) is 12.1. The number of hydrogen-bond acceptors (Lipinski definition) is 19. The molecular weight excluding hydrogens is 1550 g/mol. The van der Waals surface area contributed by atoms with Gasteiger partial charge in [-0.3, -0.25) is 0 Å². The average molecular weight is 1640 g/mol. The van der Waals surface area contributed by atoms with E-state index in [-0.39, 0.29) is 76.6 Å². The van der Waals surface area contributed by atoms with Gasteiger partial charge < -0.3 is 28.4 Å². The molecule has 3 aromatic heterocycles. The number of hydrogen-bond donors (Lipinski definition) is 0. The Morgan fingerprint density at radius 2 is 0.664 bits per heavy atom. The summed E-state index contributed by atoms with van der Waals surface area (Å²) in [6, 6.07) is 45.5. The minimum Gasteiger partial charge on any atom is -0.489 e. The van der Waals surface area contributed by atoms with Gasteiger partial charge >= 0.3 is 0 Å². The molecule has 0 aliphatic rings. The van der Waals surface area contributed by atoms with E-state index in [4.69, 9.17) is 110 Å². The first-order valence-electron chi connectivity index (χ1n) is 32.2. The molecule has 3 heterocycles. The summed E-state index contributed by atoms with van der Waals surface area (Å²) in [5.74, 6) is 3.90. The first-order chi connectivity index (χ1) is 49.1. The third-order valence-corrected chi connectivity index (χ3v) is 19.5. The van der Waals surface area contributed by atoms with Crippen molar-refractivity contribution in [2.75, 3.05) is 50.0 Å². The van der Waals surface area contributed by atoms with Crippen LogP contribution in [0.5, 0.6) is 34.5 Å².